The average Bonchev–Trinajstić information content (AvgIpc) is 2.94. The fourth-order valence-corrected chi connectivity index (χ4v) is 4.25. The van der Waals surface area contributed by atoms with Gasteiger partial charge in [-0.15, -0.1) is 0 Å². The Morgan fingerprint density at radius 1 is 1.41 bits per heavy atom. The predicted molar refractivity (Wildman–Crippen MR) is 72.1 cm³/mol. The van der Waals surface area contributed by atoms with E-state index in [1.165, 1.54) is 10.4 Å². The molecule has 1 heterocycles. The summed E-state index contributed by atoms with van der Waals surface area (Å²) in [7, 11) is -3.96. The van der Waals surface area contributed by atoms with Crippen molar-refractivity contribution in [2.24, 2.45) is 5.73 Å². The molecule has 1 atom stereocenters. The number of sulfonamides is 1. The molecule has 1 aliphatic rings. The second kappa shape index (κ2) is 5.87. The lowest BCUT2D eigenvalue weighted by Gasteiger charge is -2.23. The number of rotatable bonds is 3. The molecular formula is C13H14F3N3O2S. The Morgan fingerprint density at radius 2 is 2.09 bits per heavy atom. The molecule has 1 aromatic carbocycles. The highest BCUT2D eigenvalue weighted by molar-refractivity contribution is 7.89. The molecule has 9 heteroatoms. The van der Waals surface area contributed by atoms with Crippen molar-refractivity contribution in [3.8, 4) is 6.07 Å². The normalized spacial score (nSPS) is 20.0. The summed E-state index contributed by atoms with van der Waals surface area (Å²) >= 11 is 0. The van der Waals surface area contributed by atoms with Crippen LogP contribution in [0.3, 0.4) is 0 Å². The maximum Gasteiger partial charge on any atom is 0.417 e. The number of nitrogens with two attached hydrogens (primary N) is 1. The van der Waals surface area contributed by atoms with Crippen LogP contribution in [0.2, 0.25) is 0 Å². The van der Waals surface area contributed by atoms with Gasteiger partial charge in [0.25, 0.3) is 0 Å². The van der Waals surface area contributed by atoms with Crippen molar-refractivity contribution in [3.05, 3.63) is 29.3 Å². The zero-order valence-corrected chi connectivity index (χ0v) is 12.3. The van der Waals surface area contributed by atoms with Crippen LogP contribution in [0.25, 0.3) is 0 Å². The van der Waals surface area contributed by atoms with Crippen LogP contribution in [0, 0.1) is 11.3 Å². The molecule has 0 bridgehead atoms. The molecule has 0 aliphatic carbocycles. The molecule has 0 spiro atoms. The van der Waals surface area contributed by atoms with E-state index in [-0.39, 0.29) is 24.0 Å². The number of halogens is 3. The standard InChI is InChI=1S/C13H14F3N3O2S/c14-13(15,16)12-4-3-11(6-9(12)7-17)22(20,21)19-5-1-2-10(19)8-18/h3-4,6,10H,1-2,5,8,18H2. The van der Waals surface area contributed by atoms with Crippen LogP contribution in [-0.2, 0) is 16.2 Å². The zero-order chi connectivity index (χ0) is 16.5. The van der Waals surface area contributed by atoms with Crippen molar-refractivity contribution in [1.29, 1.82) is 5.26 Å². The molecule has 1 unspecified atom stereocenters. The summed E-state index contributed by atoms with van der Waals surface area (Å²) in [5.74, 6) is 0. The van der Waals surface area contributed by atoms with Crippen LogP contribution in [0.4, 0.5) is 13.2 Å². The molecule has 1 aromatic rings. The van der Waals surface area contributed by atoms with E-state index in [0.717, 1.165) is 12.1 Å². The third kappa shape index (κ3) is 2.95. The lowest BCUT2D eigenvalue weighted by molar-refractivity contribution is -0.137. The SMILES string of the molecule is N#Cc1cc(S(=O)(=O)N2CCCC2CN)ccc1C(F)(F)F. The number of hydrogen-bond donors (Lipinski definition) is 1. The number of benzene rings is 1. The fourth-order valence-electron chi connectivity index (χ4n) is 2.52. The van der Waals surface area contributed by atoms with Crippen molar-refractivity contribution in [1.82, 2.24) is 4.31 Å². The summed E-state index contributed by atoms with van der Waals surface area (Å²) in [6, 6.07) is 3.31. The Morgan fingerprint density at radius 3 is 2.64 bits per heavy atom. The predicted octanol–water partition coefficient (Wildman–Crippen LogP) is 1.69. The molecule has 1 aliphatic heterocycles. The Labute approximate surface area is 126 Å². The summed E-state index contributed by atoms with van der Waals surface area (Å²) < 4.78 is 64.5. The maximum atomic E-state index is 12.8. The Kier molecular flexibility index (Phi) is 4.47. The van der Waals surface area contributed by atoms with Crippen LogP contribution >= 0.6 is 0 Å². The molecule has 0 amide bonds. The fraction of sp³-hybridized carbons (Fsp3) is 0.462. The second-order valence-electron chi connectivity index (χ2n) is 4.96. The third-order valence-electron chi connectivity index (χ3n) is 3.62. The lowest BCUT2D eigenvalue weighted by Crippen LogP contribution is -2.39. The summed E-state index contributed by atoms with van der Waals surface area (Å²) in [6.07, 6.45) is -3.45. The summed E-state index contributed by atoms with van der Waals surface area (Å²) in [6.45, 7) is 0.415. The molecule has 2 N–H and O–H groups in total. The van der Waals surface area contributed by atoms with Gasteiger partial charge in [0.15, 0.2) is 0 Å². The van der Waals surface area contributed by atoms with Crippen LogP contribution in [0.5, 0.6) is 0 Å². The number of alkyl halides is 3. The topological polar surface area (TPSA) is 87.2 Å². The summed E-state index contributed by atoms with van der Waals surface area (Å²) in [4.78, 5) is -0.322. The van der Waals surface area contributed by atoms with Crippen LogP contribution in [0.15, 0.2) is 23.1 Å². The molecule has 1 fully saturated rings. The maximum absolute atomic E-state index is 12.8. The van der Waals surface area contributed by atoms with Crippen LogP contribution in [0.1, 0.15) is 24.0 Å². The van der Waals surface area contributed by atoms with Crippen molar-refractivity contribution in [3.63, 3.8) is 0 Å². The van der Waals surface area contributed by atoms with E-state index in [1.54, 1.807) is 0 Å². The summed E-state index contributed by atoms with van der Waals surface area (Å²) in [5.41, 5.74) is 3.67. The van der Waals surface area contributed by atoms with Crippen molar-refractivity contribution in [2.45, 2.75) is 30.0 Å². The Bertz CT molecular complexity index is 710. The van der Waals surface area contributed by atoms with E-state index < -0.39 is 27.3 Å². The molecule has 0 aromatic heterocycles. The van der Waals surface area contributed by atoms with Gasteiger partial charge in [-0.3, -0.25) is 0 Å². The van der Waals surface area contributed by atoms with E-state index >= 15 is 0 Å². The molecule has 22 heavy (non-hydrogen) atoms. The quantitative estimate of drug-likeness (QED) is 0.912. The Balaban J connectivity index is 2.47. The van der Waals surface area contributed by atoms with Crippen molar-refractivity contribution in [2.75, 3.05) is 13.1 Å². The van der Waals surface area contributed by atoms with Gasteiger partial charge in [-0.25, -0.2) is 8.42 Å². The minimum Gasteiger partial charge on any atom is -0.329 e. The van der Waals surface area contributed by atoms with Gasteiger partial charge < -0.3 is 5.73 Å². The number of hydrogen-bond acceptors (Lipinski definition) is 4. The van der Waals surface area contributed by atoms with Gasteiger partial charge in [-0.05, 0) is 31.0 Å². The lowest BCUT2D eigenvalue weighted by atomic mass is 10.1. The highest BCUT2D eigenvalue weighted by Crippen LogP contribution is 2.34. The first-order valence-electron chi connectivity index (χ1n) is 6.55. The van der Waals surface area contributed by atoms with Crippen molar-refractivity contribution >= 4 is 10.0 Å². The smallest absolute Gasteiger partial charge is 0.329 e. The monoisotopic (exact) mass is 333 g/mol. The summed E-state index contributed by atoms with van der Waals surface area (Å²) in [5, 5.41) is 8.86. The van der Waals surface area contributed by atoms with E-state index in [2.05, 4.69) is 0 Å². The number of nitriles is 1. The minimum atomic E-state index is -4.71. The molecule has 1 saturated heterocycles. The first kappa shape index (κ1) is 16.7. The zero-order valence-electron chi connectivity index (χ0n) is 11.5. The molecule has 0 radical (unpaired) electrons. The molecular weight excluding hydrogens is 319 g/mol. The van der Waals surface area contributed by atoms with E-state index in [9.17, 15) is 21.6 Å². The first-order chi connectivity index (χ1) is 10.2. The molecule has 5 nitrogen and oxygen atoms in total. The average molecular weight is 333 g/mol. The van der Waals surface area contributed by atoms with Gasteiger partial charge in [0.05, 0.1) is 22.1 Å². The molecule has 0 saturated carbocycles. The third-order valence-corrected chi connectivity index (χ3v) is 5.57. The van der Waals surface area contributed by atoms with Crippen LogP contribution < -0.4 is 5.73 Å². The van der Waals surface area contributed by atoms with E-state index in [1.807, 2.05) is 0 Å². The molecule has 120 valence electrons. The number of nitrogens with zero attached hydrogens (tertiary/aromatic N) is 2. The minimum absolute atomic E-state index is 0.144. The van der Waals surface area contributed by atoms with Gasteiger partial charge in [0, 0.05) is 19.1 Å². The first-order valence-corrected chi connectivity index (χ1v) is 7.99. The molecule has 2 rings (SSSR count). The van der Waals surface area contributed by atoms with E-state index in [0.29, 0.717) is 18.9 Å². The van der Waals surface area contributed by atoms with E-state index in [4.69, 9.17) is 11.0 Å². The van der Waals surface area contributed by atoms with Crippen LogP contribution in [-0.4, -0.2) is 31.9 Å². The Hall–Kier alpha value is -1.63. The van der Waals surface area contributed by atoms with Gasteiger partial charge in [0.1, 0.15) is 0 Å². The largest absolute Gasteiger partial charge is 0.417 e. The van der Waals surface area contributed by atoms with Gasteiger partial charge in [-0.2, -0.15) is 22.7 Å². The van der Waals surface area contributed by atoms with Gasteiger partial charge in [0.2, 0.25) is 10.0 Å². The highest BCUT2D eigenvalue weighted by atomic mass is 32.2. The van der Waals surface area contributed by atoms with Crippen molar-refractivity contribution < 1.29 is 21.6 Å². The highest BCUT2D eigenvalue weighted by Gasteiger charge is 2.37. The second-order valence-corrected chi connectivity index (χ2v) is 6.86. The van der Waals surface area contributed by atoms with Gasteiger partial charge in [-0.1, -0.05) is 0 Å². The van der Waals surface area contributed by atoms with Gasteiger partial charge >= 0.3 is 6.18 Å².